The van der Waals surface area contributed by atoms with Gasteiger partial charge in [-0.25, -0.2) is 4.98 Å². The summed E-state index contributed by atoms with van der Waals surface area (Å²) in [7, 11) is 0. The number of nitrogens with zero attached hydrogens (tertiary/aromatic N) is 2. The van der Waals surface area contributed by atoms with Crippen molar-refractivity contribution in [2.24, 2.45) is 0 Å². The van der Waals surface area contributed by atoms with E-state index in [1.165, 1.54) is 60.8 Å². The van der Waals surface area contributed by atoms with Crippen LogP contribution < -0.4 is 5.56 Å². The second-order valence-corrected chi connectivity index (χ2v) is 11.6. The molecule has 1 fully saturated rings. The smallest absolute Gasteiger partial charge is 0.258 e. The molecule has 0 bridgehead atoms. The molecule has 0 radical (unpaired) electrons. The topological polar surface area (TPSA) is 34.9 Å². The van der Waals surface area contributed by atoms with Crippen molar-refractivity contribution in [3.8, 4) is 11.3 Å². The highest BCUT2D eigenvalue weighted by Crippen LogP contribution is 2.48. The number of unbranched alkanes of at least 4 members (excludes halogenated alkanes) is 3. The molecule has 4 heteroatoms. The monoisotopic (exact) mass is 486 g/mol. The van der Waals surface area contributed by atoms with E-state index in [2.05, 4.69) is 62.4 Å². The SMILES string of the molecule is CCCCCCSc1nc2c(c(=O)n1Cc1ccc(C)cc1)C1(CCCCC1)Cc1ccccc1-2. The van der Waals surface area contributed by atoms with E-state index in [-0.39, 0.29) is 11.0 Å². The number of fused-ring (bicyclic) bond motifs is 4. The molecule has 5 rings (SSSR count). The largest absolute Gasteiger partial charge is 0.283 e. The Morgan fingerprint density at radius 3 is 2.51 bits per heavy atom. The summed E-state index contributed by atoms with van der Waals surface area (Å²) >= 11 is 1.77. The predicted octanol–water partition coefficient (Wildman–Crippen LogP) is 7.70. The molecule has 1 heterocycles. The molecule has 3 nitrogen and oxygen atoms in total. The van der Waals surface area contributed by atoms with Crippen LogP contribution in [-0.2, 0) is 18.4 Å². The van der Waals surface area contributed by atoms with Crippen molar-refractivity contribution in [2.75, 3.05) is 5.75 Å². The summed E-state index contributed by atoms with van der Waals surface area (Å²) in [5, 5.41) is 0.883. The highest BCUT2D eigenvalue weighted by atomic mass is 32.2. The zero-order valence-corrected chi connectivity index (χ0v) is 22.1. The van der Waals surface area contributed by atoms with Crippen LogP contribution in [0.4, 0.5) is 0 Å². The first-order chi connectivity index (χ1) is 17.1. The van der Waals surface area contributed by atoms with E-state index < -0.39 is 0 Å². The molecular weight excluding hydrogens is 448 g/mol. The Hall–Kier alpha value is -2.33. The van der Waals surface area contributed by atoms with Crippen LogP contribution >= 0.6 is 11.8 Å². The minimum absolute atomic E-state index is 0.0641. The third kappa shape index (κ3) is 5.00. The van der Waals surface area contributed by atoms with Crippen molar-refractivity contribution >= 4 is 11.8 Å². The maximum atomic E-state index is 14.4. The van der Waals surface area contributed by atoms with Gasteiger partial charge in [0.05, 0.1) is 17.8 Å². The summed E-state index contributed by atoms with van der Waals surface area (Å²) in [6.45, 7) is 4.95. The van der Waals surface area contributed by atoms with Crippen molar-refractivity contribution in [1.82, 2.24) is 9.55 Å². The molecule has 2 aromatic carbocycles. The Morgan fingerprint density at radius 1 is 0.971 bits per heavy atom. The van der Waals surface area contributed by atoms with Crippen LogP contribution in [0.3, 0.4) is 0 Å². The van der Waals surface area contributed by atoms with Gasteiger partial charge >= 0.3 is 0 Å². The molecule has 1 aromatic heterocycles. The first-order valence-corrected chi connectivity index (χ1v) is 14.5. The molecule has 0 amide bonds. The van der Waals surface area contributed by atoms with Gasteiger partial charge in [-0.05, 0) is 43.7 Å². The Kier molecular flexibility index (Phi) is 7.48. The van der Waals surface area contributed by atoms with Crippen LogP contribution in [0.25, 0.3) is 11.3 Å². The Labute approximate surface area is 214 Å². The molecular formula is C31H38N2OS. The number of hydrogen-bond donors (Lipinski definition) is 0. The predicted molar refractivity (Wildman–Crippen MR) is 148 cm³/mol. The molecule has 2 aliphatic carbocycles. The van der Waals surface area contributed by atoms with Crippen LogP contribution in [0, 0.1) is 6.92 Å². The first kappa shape index (κ1) is 24.4. The van der Waals surface area contributed by atoms with E-state index in [4.69, 9.17) is 4.98 Å². The van der Waals surface area contributed by atoms with Crippen molar-refractivity contribution in [3.63, 3.8) is 0 Å². The lowest BCUT2D eigenvalue weighted by Crippen LogP contribution is -2.43. The summed E-state index contributed by atoms with van der Waals surface area (Å²) in [5.41, 5.74) is 7.05. The van der Waals surface area contributed by atoms with E-state index in [1.54, 1.807) is 11.8 Å². The minimum Gasteiger partial charge on any atom is -0.283 e. The molecule has 0 unspecified atom stereocenters. The van der Waals surface area contributed by atoms with Gasteiger partial charge in [-0.2, -0.15) is 0 Å². The van der Waals surface area contributed by atoms with Gasteiger partial charge in [-0.1, -0.05) is 111 Å². The highest BCUT2D eigenvalue weighted by Gasteiger charge is 2.43. The fourth-order valence-electron chi connectivity index (χ4n) is 6.04. The van der Waals surface area contributed by atoms with Crippen molar-refractivity contribution in [1.29, 1.82) is 0 Å². The summed E-state index contributed by atoms with van der Waals surface area (Å²) in [6, 6.07) is 17.3. The van der Waals surface area contributed by atoms with Gasteiger partial charge in [0.25, 0.3) is 5.56 Å². The molecule has 0 N–H and O–H groups in total. The molecule has 0 aliphatic heterocycles. The molecule has 1 spiro atoms. The van der Waals surface area contributed by atoms with Crippen LogP contribution in [-0.4, -0.2) is 15.3 Å². The number of aromatic nitrogens is 2. The lowest BCUT2D eigenvalue weighted by molar-refractivity contribution is 0.282. The average molecular weight is 487 g/mol. The van der Waals surface area contributed by atoms with E-state index in [1.807, 2.05) is 4.57 Å². The Bertz CT molecular complexity index is 1220. The third-order valence-corrected chi connectivity index (χ3v) is 9.03. The Balaban J connectivity index is 1.63. The van der Waals surface area contributed by atoms with Crippen LogP contribution in [0.2, 0.25) is 0 Å². The van der Waals surface area contributed by atoms with Gasteiger partial charge in [0.15, 0.2) is 5.16 Å². The first-order valence-electron chi connectivity index (χ1n) is 13.5. The van der Waals surface area contributed by atoms with Gasteiger partial charge in [0.2, 0.25) is 0 Å². The zero-order valence-electron chi connectivity index (χ0n) is 21.3. The maximum Gasteiger partial charge on any atom is 0.258 e. The second-order valence-electron chi connectivity index (χ2n) is 10.6. The van der Waals surface area contributed by atoms with Crippen molar-refractivity contribution in [2.45, 2.75) is 95.2 Å². The number of benzene rings is 2. The summed E-state index contributed by atoms with van der Waals surface area (Å²) < 4.78 is 2.00. The lowest BCUT2D eigenvalue weighted by atomic mass is 9.62. The van der Waals surface area contributed by atoms with E-state index in [0.717, 1.165) is 47.8 Å². The molecule has 35 heavy (non-hydrogen) atoms. The van der Waals surface area contributed by atoms with E-state index >= 15 is 0 Å². The number of hydrogen-bond acceptors (Lipinski definition) is 3. The lowest BCUT2D eigenvalue weighted by Gasteiger charge is -2.42. The third-order valence-electron chi connectivity index (χ3n) is 7.97. The van der Waals surface area contributed by atoms with Crippen LogP contribution in [0.1, 0.15) is 87.0 Å². The molecule has 1 saturated carbocycles. The summed E-state index contributed by atoms with van der Waals surface area (Å²) in [4.78, 5) is 19.8. The van der Waals surface area contributed by atoms with E-state index in [9.17, 15) is 4.79 Å². The van der Waals surface area contributed by atoms with Gasteiger partial charge in [0, 0.05) is 16.7 Å². The molecule has 0 atom stereocenters. The zero-order chi connectivity index (χ0) is 24.3. The van der Waals surface area contributed by atoms with E-state index in [0.29, 0.717) is 6.54 Å². The molecule has 0 saturated heterocycles. The van der Waals surface area contributed by atoms with Crippen LogP contribution in [0.15, 0.2) is 58.5 Å². The molecule has 184 valence electrons. The van der Waals surface area contributed by atoms with Gasteiger partial charge in [0.1, 0.15) is 0 Å². The Morgan fingerprint density at radius 2 is 1.74 bits per heavy atom. The van der Waals surface area contributed by atoms with Crippen molar-refractivity contribution in [3.05, 3.63) is 81.1 Å². The second kappa shape index (κ2) is 10.7. The summed E-state index contributed by atoms with van der Waals surface area (Å²) in [5.74, 6) is 1.01. The minimum atomic E-state index is -0.0641. The standard InChI is InChI=1S/C31H38N2OS/c1-3-4-5-11-20-35-30-32-28-26-13-8-7-12-25(26)21-31(18-9-6-10-19-31)27(28)29(34)33(30)22-24-16-14-23(2)15-17-24/h7-8,12-17H,3-6,9-11,18-22H2,1-2H3. The maximum absolute atomic E-state index is 14.4. The number of aryl methyl sites for hydroxylation is 1. The summed E-state index contributed by atoms with van der Waals surface area (Å²) in [6.07, 6.45) is 11.7. The number of rotatable bonds is 8. The quantitative estimate of drug-likeness (QED) is 0.186. The average Bonchev–Trinajstić information content (AvgIpc) is 2.87. The molecule has 3 aromatic rings. The highest BCUT2D eigenvalue weighted by molar-refractivity contribution is 7.99. The van der Waals surface area contributed by atoms with Crippen molar-refractivity contribution < 1.29 is 0 Å². The van der Waals surface area contributed by atoms with Gasteiger partial charge < -0.3 is 0 Å². The van der Waals surface area contributed by atoms with Gasteiger partial charge in [-0.15, -0.1) is 0 Å². The normalized spacial score (nSPS) is 16.2. The van der Waals surface area contributed by atoms with Crippen LogP contribution in [0.5, 0.6) is 0 Å². The fourth-order valence-corrected chi connectivity index (χ4v) is 7.03. The fraction of sp³-hybridized carbons (Fsp3) is 0.484. The van der Waals surface area contributed by atoms with Gasteiger partial charge in [-0.3, -0.25) is 9.36 Å². The molecule has 2 aliphatic rings. The number of thioether (sulfide) groups is 1.